The lowest BCUT2D eigenvalue weighted by molar-refractivity contribution is 0.842. The van der Waals surface area contributed by atoms with Gasteiger partial charge in [-0.3, -0.25) is 4.98 Å². The lowest BCUT2D eigenvalue weighted by atomic mass is 10.1. The zero-order valence-corrected chi connectivity index (χ0v) is 11.9. The summed E-state index contributed by atoms with van der Waals surface area (Å²) in [7, 11) is 0. The monoisotopic (exact) mass is 268 g/mol. The van der Waals surface area contributed by atoms with Gasteiger partial charge in [0.25, 0.3) is 0 Å². The summed E-state index contributed by atoms with van der Waals surface area (Å²) < 4.78 is 1.25. The second-order valence-electron chi connectivity index (χ2n) is 4.65. The first-order valence-corrected chi connectivity index (χ1v) is 7.41. The van der Waals surface area contributed by atoms with E-state index in [4.69, 9.17) is 9.97 Å². The van der Waals surface area contributed by atoms with Crippen LogP contribution >= 0.6 is 11.3 Å². The van der Waals surface area contributed by atoms with Crippen molar-refractivity contribution in [2.75, 3.05) is 0 Å². The van der Waals surface area contributed by atoms with Crippen LogP contribution in [0.4, 0.5) is 0 Å². The molecule has 0 aliphatic carbocycles. The Balaban J connectivity index is 2.00. The van der Waals surface area contributed by atoms with Crippen LogP contribution in [0.15, 0.2) is 42.5 Å². The molecule has 0 aliphatic heterocycles. The normalized spacial score (nSPS) is 12.7. The summed E-state index contributed by atoms with van der Waals surface area (Å²) in [6.45, 7) is 4.31. The van der Waals surface area contributed by atoms with E-state index in [1.54, 1.807) is 11.3 Å². The molecule has 3 rings (SSSR count). The van der Waals surface area contributed by atoms with Crippen LogP contribution in [0.1, 0.15) is 36.2 Å². The summed E-state index contributed by atoms with van der Waals surface area (Å²) in [5.74, 6) is 0.254. The van der Waals surface area contributed by atoms with Crippen LogP contribution in [-0.2, 0) is 6.42 Å². The fraction of sp³-hybridized carbons (Fsp3) is 0.250. The Kier molecular flexibility index (Phi) is 3.30. The molecule has 0 fully saturated rings. The van der Waals surface area contributed by atoms with Crippen LogP contribution < -0.4 is 0 Å². The molecule has 1 aromatic carbocycles. The molecule has 2 heterocycles. The first-order chi connectivity index (χ1) is 9.28. The molecule has 0 saturated heterocycles. The first-order valence-electron chi connectivity index (χ1n) is 6.59. The first kappa shape index (κ1) is 12.3. The predicted octanol–water partition coefficient (Wildman–Crippen LogP) is 4.41. The van der Waals surface area contributed by atoms with Gasteiger partial charge < -0.3 is 0 Å². The lowest BCUT2D eigenvalue weighted by Gasteiger charge is -2.08. The van der Waals surface area contributed by atoms with Crippen LogP contribution in [0.2, 0.25) is 0 Å². The van der Waals surface area contributed by atoms with E-state index in [1.165, 1.54) is 4.70 Å². The molecule has 0 bridgehead atoms. The van der Waals surface area contributed by atoms with Gasteiger partial charge in [0.2, 0.25) is 0 Å². The van der Waals surface area contributed by atoms with Crippen LogP contribution in [0.3, 0.4) is 0 Å². The predicted molar refractivity (Wildman–Crippen MR) is 80.8 cm³/mol. The molecule has 0 saturated carbocycles. The molecule has 0 spiro atoms. The van der Waals surface area contributed by atoms with E-state index < -0.39 is 0 Å². The van der Waals surface area contributed by atoms with E-state index in [0.29, 0.717) is 0 Å². The minimum absolute atomic E-state index is 0.254. The quantitative estimate of drug-likeness (QED) is 0.703. The summed E-state index contributed by atoms with van der Waals surface area (Å²) >= 11 is 1.76. The van der Waals surface area contributed by atoms with E-state index in [0.717, 1.165) is 28.3 Å². The number of hydrogen-bond acceptors (Lipinski definition) is 3. The summed E-state index contributed by atoms with van der Waals surface area (Å²) in [5, 5.41) is 1.14. The van der Waals surface area contributed by atoms with Crippen molar-refractivity contribution < 1.29 is 0 Å². The minimum atomic E-state index is 0.254. The molecule has 0 amide bonds. The maximum absolute atomic E-state index is 4.72. The van der Waals surface area contributed by atoms with Crippen LogP contribution in [0.25, 0.3) is 10.2 Å². The van der Waals surface area contributed by atoms with Gasteiger partial charge >= 0.3 is 0 Å². The van der Waals surface area contributed by atoms with Crippen LogP contribution in [0, 0.1) is 0 Å². The van der Waals surface area contributed by atoms with Gasteiger partial charge in [-0.2, -0.15) is 0 Å². The highest BCUT2D eigenvalue weighted by atomic mass is 32.1. The second kappa shape index (κ2) is 5.10. The standard InChI is InChI=1S/C16H16N2S/c1-3-12-7-6-9-13(17-12)11(2)16-18-14-8-4-5-10-15(14)19-16/h4-11H,3H2,1-2H3. The van der Waals surface area contributed by atoms with Gasteiger partial charge in [0.15, 0.2) is 0 Å². The smallest absolute Gasteiger partial charge is 0.103 e. The van der Waals surface area contributed by atoms with Gasteiger partial charge in [0.05, 0.1) is 21.8 Å². The number of hydrogen-bond donors (Lipinski definition) is 0. The van der Waals surface area contributed by atoms with Crippen molar-refractivity contribution in [3.63, 3.8) is 0 Å². The number of para-hydroxylation sites is 1. The third-order valence-corrected chi connectivity index (χ3v) is 4.53. The Morgan fingerprint density at radius 1 is 1.05 bits per heavy atom. The van der Waals surface area contributed by atoms with E-state index in [1.807, 2.05) is 6.07 Å². The Hall–Kier alpha value is -1.74. The molecule has 0 aliphatic rings. The van der Waals surface area contributed by atoms with Crippen molar-refractivity contribution in [1.29, 1.82) is 0 Å². The molecule has 2 aromatic heterocycles. The van der Waals surface area contributed by atoms with Gasteiger partial charge in [0.1, 0.15) is 5.01 Å². The number of aryl methyl sites for hydroxylation is 1. The van der Waals surface area contributed by atoms with E-state index in [-0.39, 0.29) is 5.92 Å². The van der Waals surface area contributed by atoms with Gasteiger partial charge in [-0.1, -0.05) is 32.0 Å². The molecule has 96 valence electrons. The maximum atomic E-state index is 4.72. The van der Waals surface area contributed by atoms with Crippen molar-refractivity contribution >= 4 is 21.6 Å². The van der Waals surface area contributed by atoms with Crippen molar-refractivity contribution in [1.82, 2.24) is 9.97 Å². The highest BCUT2D eigenvalue weighted by Crippen LogP contribution is 2.30. The van der Waals surface area contributed by atoms with Gasteiger partial charge in [0, 0.05) is 5.69 Å². The second-order valence-corrected chi connectivity index (χ2v) is 5.71. The topological polar surface area (TPSA) is 25.8 Å². The zero-order valence-electron chi connectivity index (χ0n) is 11.1. The minimum Gasteiger partial charge on any atom is -0.257 e. The lowest BCUT2D eigenvalue weighted by Crippen LogP contribution is -2.00. The molecular weight excluding hydrogens is 252 g/mol. The van der Waals surface area contributed by atoms with Crippen molar-refractivity contribution in [3.05, 3.63) is 58.9 Å². The van der Waals surface area contributed by atoms with Gasteiger partial charge in [-0.15, -0.1) is 11.3 Å². The zero-order chi connectivity index (χ0) is 13.2. The van der Waals surface area contributed by atoms with E-state index in [2.05, 4.69) is 50.2 Å². The van der Waals surface area contributed by atoms with Crippen molar-refractivity contribution in [3.8, 4) is 0 Å². The Morgan fingerprint density at radius 2 is 1.89 bits per heavy atom. The Labute approximate surface area is 117 Å². The van der Waals surface area contributed by atoms with E-state index >= 15 is 0 Å². The number of benzene rings is 1. The SMILES string of the molecule is CCc1cccc(C(C)c2nc3ccccc3s2)n1. The number of pyridine rings is 1. The average molecular weight is 268 g/mol. The van der Waals surface area contributed by atoms with Crippen molar-refractivity contribution in [2.24, 2.45) is 0 Å². The van der Waals surface area contributed by atoms with Gasteiger partial charge in [-0.25, -0.2) is 4.98 Å². The largest absolute Gasteiger partial charge is 0.257 e. The average Bonchev–Trinajstić information content (AvgIpc) is 2.90. The third kappa shape index (κ3) is 2.38. The van der Waals surface area contributed by atoms with E-state index in [9.17, 15) is 0 Å². The Morgan fingerprint density at radius 3 is 2.68 bits per heavy atom. The number of fused-ring (bicyclic) bond motifs is 1. The summed E-state index contributed by atoms with van der Waals surface area (Å²) in [4.78, 5) is 9.43. The highest BCUT2D eigenvalue weighted by Gasteiger charge is 2.14. The molecule has 3 aromatic rings. The number of thiazole rings is 1. The van der Waals surface area contributed by atoms with Crippen molar-refractivity contribution in [2.45, 2.75) is 26.2 Å². The Bertz CT molecular complexity index is 670. The fourth-order valence-electron chi connectivity index (χ4n) is 2.14. The third-order valence-electron chi connectivity index (χ3n) is 3.32. The maximum Gasteiger partial charge on any atom is 0.103 e. The molecule has 1 unspecified atom stereocenters. The number of rotatable bonds is 3. The fourth-order valence-corrected chi connectivity index (χ4v) is 3.17. The number of nitrogens with zero attached hydrogens (tertiary/aromatic N) is 2. The summed E-state index contributed by atoms with van der Waals surface area (Å²) in [5.41, 5.74) is 3.34. The molecule has 3 heteroatoms. The highest BCUT2D eigenvalue weighted by molar-refractivity contribution is 7.18. The number of aromatic nitrogens is 2. The van der Waals surface area contributed by atoms with Crippen LogP contribution in [0.5, 0.6) is 0 Å². The van der Waals surface area contributed by atoms with Crippen LogP contribution in [-0.4, -0.2) is 9.97 Å². The summed E-state index contributed by atoms with van der Waals surface area (Å²) in [6, 6.07) is 14.5. The molecule has 0 N–H and O–H groups in total. The van der Waals surface area contributed by atoms with Gasteiger partial charge in [-0.05, 0) is 30.7 Å². The molecule has 1 atom stereocenters. The molecule has 19 heavy (non-hydrogen) atoms. The molecular formula is C16H16N2S. The summed E-state index contributed by atoms with van der Waals surface area (Å²) in [6.07, 6.45) is 0.973. The molecule has 0 radical (unpaired) electrons. The molecule has 2 nitrogen and oxygen atoms in total.